The van der Waals surface area contributed by atoms with Crippen LogP contribution < -0.4 is 11.1 Å². The predicted octanol–water partition coefficient (Wildman–Crippen LogP) is 3.83. The van der Waals surface area contributed by atoms with Gasteiger partial charge >= 0.3 is 0 Å². The third kappa shape index (κ3) is 3.95. The first-order chi connectivity index (χ1) is 12.0. The maximum atomic E-state index is 12.5. The van der Waals surface area contributed by atoms with E-state index >= 15 is 0 Å². The summed E-state index contributed by atoms with van der Waals surface area (Å²) >= 11 is 3.10. The fourth-order valence-electron chi connectivity index (χ4n) is 2.54. The zero-order chi connectivity index (χ0) is 18.0. The molecule has 0 bridgehead atoms. The maximum Gasteiger partial charge on any atom is 0.271 e. The fourth-order valence-corrected chi connectivity index (χ4v) is 3.97. The van der Waals surface area contributed by atoms with Crippen molar-refractivity contribution in [1.29, 1.82) is 0 Å². The second-order valence-electron chi connectivity index (χ2n) is 5.79. The minimum absolute atomic E-state index is 0.110. The molecule has 0 aliphatic heterocycles. The van der Waals surface area contributed by atoms with E-state index in [4.69, 9.17) is 5.73 Å². The number of aromatic nitrogens is 2. The van der Waals surface area contributed by atoms with Crippen LogP contribution in [0.15, 0.2) is 29.6 Å². The Morgan fingerprint density at radius 3 is 2.52 bits per heavy atom. The number of hydrogen-bond donors (Lipinski definition) is 2. The summed E-state index contributed by atoms with van der Waals surface area (Å²) in [6.45, 7) is 6.20. The maximum absolute atomic E-state index is 12.5. The lowest BCUT2D eigenvalue weighted by Gasteiger charge is -2.14. The van der Waals surface area contributed by atoms with Crippen LogP contribution in [0.3, 0.4) is 0 Å². The number of aryl methyl sites for hydroxylation is 2. The van der Waals surface area contributed by atoms with Crippen molar-refractivity contribution in [3.05, 3.63) is 55.8 Å². The summed E-state index contributed by atoms with van der Waals surface area (Å²) in [5.41, 5.74) is 9.17. The SMILES string of the molecule is Cc1nc(-c2ccc(C(C)NC(=O)c3nc(CN)sc3C)cc2)cs1. The number of nitrogens with zero attached hydrogens (tertiary/aromatic N) is 2. The number of amides is 1. The first kappa shape index (κ1) is 17.7. The predicted molar refractivity (Wildman–Crippen MR) is 103 cm³/mol. The van der Waals surface area contributed by atoms with Crippen molar-refractivity contribution in [2.45, 2.75) is 33.4 Å². The van der Waals surface area contributed by atoms with Gasteiger partial charge in [-0.2, -0.15) is 0 Å². The summed E-state index contributed by atoms with van der Waals surface area (Å²) in [6, 6.07) is 8.00. The highest BCUT2D eigenvalue weighted by molar-refractivity contribution is 7.11. The van der Waals surface area contributed by atoms with Gasteiger partial charge in [0.05, 0.1) is 16.7 Å². The van der Waals surface area contributed by atoms with Gasteiger partial charge in [0.1, 0.15) is 10.7 Å². The average Bonchev–Trinajstić information content (AvgIpc) is 3.20. The zero-order valence-corrected chi connectivity index (χ0v) is 16.0. The van der Waals surface area contributed by atoms with Crippen molar-refractivity contribution in [2.75, 3.05) is 0 Å². The molecule has 5 nitrogen and oxygen atoms in total. The first-order valence-electron chi connectivity index (χ1n) is 7.97. The number of nitrogens with one attached hydrogen (secondary N) is 1. The molecular weight excluding hydrogens is 352 g/mol. The normalized spacial score (nSPS) is 12.2. The molecule has 0 fully saturated rings. The number of thiazole rings is 2. The van der Waals surface area contributed by atoms with Crippen molar-refractivity contribution in [3.8, 4) is 11.3 Å². The van der Waals surface area contributed by atoms with Crippen LogP contribution in [0.25, 0.3) is 11.3 Å². The summed E-state index contributed by atoms with van der Waals surface area (Å²) in [5.74, 6) is -0.167. The van der Waals surface area contributed by atoms with E-state index in [0.717, 1.165) is 31.7 Å². The van der Waals surface area contributed by atoms with Gasteiger partial charge < -0.3 is 11.1 Å². The molecule has 1 unspecified atom stereocenters. The van der Waals surface area contributed by atoms with Crippen LogP contribution in [-0.2, 0) is 6.54 Å². The molecule has 0 saturated carbocycles. The Kier molecular flexibility index (Phi) is 5.27. The Morgan fingerprint density at radius 2 is 1.96 bits per heavy atom. The Morgan fingerprint density at radius 1 is 1.24 bits per heavy atom. The van der Waals surface area contributed by atoms with Gasteiger partial charge in [0.15, 0.2) is 0 Å². The van der Waals surface area contributed by atoms with Gasteiger partial charge in [-0.1, -0.05) is 24.3 Å². The summed E-state index contributed by atoms with van der Waals surface area (Å²) < 4.78 is 0. The molecule has 25 heavy (non-hydrogen) atoms. The van der Waals surface area contributed by atoms with Gasteiger partial charge in [-0.05, 0) is 26.3 Å². The van der Waals surface area contributed by atoms with Gasteiger partial charge in [0.2, 0.25) is 0 Å². The lowest BCUT2D eigenvalue weighted by molar-refractivity contribution is 0.0935. The number of nitrogens with two attached hydrogens (primary N) is 1. The molecule has 0 radical (unpaired) electrons. The molecule has 0 spiro atoms. The van der Waals surface area contributed by atoms with Gasteiger partial charge in [0, 0.05) is 22.4 Å². The Hall–Kier alpha value is -2.09. The molecule has 1 amide bonds. The van der Waals surface area contributed by atoms with Crippen molar-refractivity contribution < 1.29 is 4.79 Å². The third-order valence-corrected chi connectivity index (χ3v) is 5.67. The summed E-state index contributed by atoms with van der Waals surface area (Å²) in [5, 5.41) is 6.88. The molecular formula is C18H20N4OS2. The molecule has 1 aromatic carbocycles. The highest BCUT2D eigenvalue weighted by Crippen LogP contribution is 2.24. The van der Waals surface area contributed by atoms with Crippen molar-refractivity contribution in [1.82, 2.24) is 15.3 Å². The van der Waals surface area contributed by atoms with Crippen molar-refractivity contribution in [2.24, 2.45) is 5.73 Å². The quantitative estimate of drug-likeness (QED) is 0.713. The first-order valence-corrected chi connectivity index (χ1v) is 9.67. The summed E-state index contributed by atoms with van der Waals surface area (Å²) in [7, 11) is 0. The molecule has 3 aromatic rings. The molecule has 0 aliphatic rings. The smallest absolute Gasteiger partial charge is 0.271 e. The van der Waals surface area contributed by atoms with E-state index in [1.54, 1.807) is 11.3 Å². The minimum Gasteiger partial charge on any atom is -0.344 e. The topological polar surface area (TPSA) is 80.9 Å². The van der Waals surface area contributed by atoms with Crippen molar-refractivity contribution >= 4 is 28.6 Å². The summed E-state index contributed by atoms with van der Waals surface area (Å²) in [6.07, 6.45) is 0. The number of carbonyl (C=O) groups is 1. The lowest BCUT2D eigenvalue weighted by Crippen LogP contribution is -2.27. The Bertz CT molecular complexity index is 883. The number of hydrogen-bond acceptors (Lipinski definition) is 6. The summed E-state index contributed by atoms with van der Waals surface area (Å²) in [4.78, 5) is 22.1. The Balaban J connectivity index is 1.71. The van der Waals surface area contributed by atoms with E-state index in [-0.39, 0.29) is 11.9 Å². The second kappa shape index (κ2) is 7.43. The standard InChI is InChI=1S/C18H20N4OS2/c1-10(20-18(23)17-11(2)25-16(8-19)22-17)13-4-6-14(7-5-13)15-9-24-12(3)21-15/h4-7,9-10H,8,19H2,1-3H3,(H,20,23). The molecule has 0 saturated heterocycles. The van der Waals surface area contributed by atoms with Crippen LogP contribution >= 0.6 is 22.7 Å². The van der Waals surface area contributed by atoms with Crippen LogP contribution in [0.1, 0.15) is 43.9 Å². The Labute approximate surface area is 155 Å². The molecule has 0 aliphatic carbocycles. The average molecular weight is 373 g/mol. The molecule has 2 heterocycles. The fraction of sp³-hybridized carbons (Fsp3) is 0.278. The number of rotatable bonds is 5. The number of carbonyl (C=O) groups excluding carboxylic acids is 1. The molecule has 3 N–H and O–H groups in total. The molecule has 130 valence electrons. The van der Waals surface area contributed by atoms with E-state index in [1.807, 2.05) is 45.0 Å². The van der Waals surface area contributed by atoms with Gasteiger partial charge in [0.25, 0.3) is 5.91 Å². The second-order valence-corrected chi connectivity index (χ2v) is 8.14. The third-order valence-electron chi connectivity index (χ3n) is 3.90. The zero-order valence-electron chi connectivity index (χ0n) is 14.4. The molecule has 7 heteroatoms. The molecule has 3 rings (SSSR count). The van der Waals surface area contributed by atoms with Crippen LogP contribution in [0, 0.1) is 13.8 Å². The van der Waals surface area contributed by atoms with E-state index < -0.39 is 0 Å². The van der Waals surface area contributed by atoms with E-state index in [0.29, 0.717) is 12.2 Å². The minimum atomic E-state index is -0.167. The van der Waals surface area contributed by atoms with Crippen LogP contribution in [0.2, 0.25) is 0 Å². The van der Waals surface area contributed by atoms with Crippen LogP contribution in [0.4, 0.5) is 0 Å². The van der Waals surface area contributed by atoms with E-state index in [2.05, 4.69) is 20.7 Å². The number of benzene rings is 1. The van der Waals surface area contributed by atoms with E-state index in [9.17, 15) is 4.79 Å². The monoisotopic (exact) mass is 372 g/mol. The van der Waals surface area contributed by atoms with Gasteiger partial charge in [-0.25, -0.2) is 9.97 Å². The van der Waals surface area contributed by atoms with Gasteiger partial charge in [-0.15, -0.1) is 22.7 Å². The van der Waals surface area contributed by atoms with Gasteiger partial charge in [-0.3, -0.25) is 4.79 Å². The molecule has 2 aromatic heterocycles. The van der Waals surface area contributed by atoms with Crippen LogP contribution in [0.5, 0.6) is 0 Å². The highest BCUT2D eigenvalue weighted by atomic mass is 32.1. The van der Waals surface area contributed by atoms with Crippen molar-refractivity contribution in [3.63, 3.8) is 0 Å². The lowest BCUT2D eigenvalue weighted by atomic mass is 10.0. The highest BCUT2D eigenvalue weighted by Gasteiger charge is 2.17. The van der Waals surface area contributed by atoms with Crippen LogP contribution in [-0.4, -0.2) is 15.9 Å². The largest absolute Gasteiger partial charge is 0.344 e. The van der Waals surface area contributed by atoms with E-state index in [1.165, 1.54) is 11.3 Å². The molecule has 1 atom stereocenters.